The quantitative estimate of drug-likeness (QED) is 0.483. The number of hydrogen-bond donors (Lipinski definition) is 0. The first kappa shape index (κ1) is 12.8. The van der Waals surface area contributed by atoms with Crippen LogP contribution in [0.4, 0.5) is 0 Å². The minimum atomic E-state index is -0.449. The predicted molar refractivity (Wildman–Crippen MR) is 68.6 cm³/mol. The topological polar surface area (TPSA) is 86.7 Å². The van der Waals surface area contributed by atoms with Gasteiger partial charge in [-0.25, -0.2) is 0 Å². The second kappa shape index (κ2) is 3.97. The van der Waals surface area contributed by atoms with Gasteiger partial charge in [0.05, 0.1) is 17.8 Å². The number of esters is 4. The van der Waals surface area contributed by atoms with Gasteiger partial charge in [-0.05, 0) is 48.9 Å². The zero-order valence-corrected chi connectivity index (χ0v) is 11.9. The molecule has 0 radical (unpaired) electrons. The van der Waals surface area contributed by atoms with Crippen LogP contribution in [0.25, 0.3) is 0 Å². The fourth-order valence-corrected chi connectivity index (χ4v) is 6.27. The van der Waals surface area contributed by atoms with Gasteiger partial charge in [0.2, 0.25) is 0 Å². The Morgan fingerprint density at radius 1 is 0.682 bits per heavy atom. The Morgan fingerprint density at radius 2 is 1.36 bits per heavy atom. The number of hydrogen-bond acceptors (Lipinski definition) is 6. The van der Waals surface area contributed by atoms with E-state index in [1.54, 1.807) is 0 Å². The molecule has 6 heteroatoms. The molecule has 2 aliphatic heterocycles. The summed E-state index contributed by atoms with van der Waals surface area (Å²) >= 11 is 0. The van der Waals surface area contributed by atoms with E-state index in [1.807, 2.05) is 0 Å². The molecule has 2 saturated heterocycles. The molecule has 116 valence electrons. The summed E-state index contributed by atoms with van der Waals surface area (Å²) in [5.41, 5.74) is 0. The average molecular weight is 304 g/mol. The van der Waals surface area contributed by atoms with E-state index in [4.69, 9.17) is 9.47 Å². The molecule has 0 aromatic carbocycles. The molecule has 5 rings (SSSR count). The van der Waals surface area contributed by atoms with Crippen molar-refractivity contribution in [2.75, 3.05) is 0 Å². The number of rotatable bonds is 0. The molecule has 2 bridgehead atoms. The van der Waals surface area contributed by atoms with E-state index >= 15 is 0 Å². The minimum absolute atomic E-state index is 0.0176. The van der Waals surface area contributed by atoms with Gasteiger partial charge >= 0.3 is 23.9 Å². The largest absolute Gasteiger partial charge is 0.393 e. The molecule has 2 heterocycles. The zero-order valence-electron chi connectivity index (χ0n) is 11.9. The molecule has 0 amide bonds. The van der Waals surface area contributed by atoms with Crippen LogP contribution in [0.5, 0.6) is 0 Å². The number of carbonyl (C=O) groups excluding carboxylic acids is 4. The lowest BCUT2D eigenvalue weighted by Crippen LogP contribution is -2.38. The third kappa shape index (κ3) is 1.41. The lowest BCUT2D eigenvalue weighted by Gasteiger charge is -2.31. The molecule has 6 nitrogen and oxygen atoms in total. The van der Waals surface area contributed by atoms with Crippen LogP contribution in [-0.2, 0) is 28.7 Å². The second-order valence-corrected chi connectivity index (χ2v) is 7.51. The molecule has 0 spiro atoms. The lowest BCUT2D eigenvalue weighted by molar-refractivity contribution is -0.171. The van der Waals surface area contributed by atoms with E-state index in [0.717, 1.165) is 12.8 Å². The summed E-state index contributed by atoms with van der Waals surface area (Å²) in [6, 6.07) is 0. The molecule has 0 N–H and O–H groups in total. The highest BCUT2D eigenvalue weighted by molar-refractivity contribution is 5.93. The second-order valence-electron chi connectivity index (χ2n) is 7.51. The van der Waals surface area contributed by atoms with Crippen molar-refractivity contribution in [2.45, 2.75) is 25.7 Å². The number of fused-ring (bicyclic) bond motifs is 9. The maximum Gasteiger partial charge on any atom is 0.316 e. The molecule has 8 atom stereocenters. The molecule has 5 aliphatic rings. The van der Waals surface area contributed by atoms with Crippen LogP contribution in [0.15, 0.2) is 0 Å². The molecule has 0 aromatic heterocycles. The van der Waals surface area contributed by atoms with Crippen LogP contribution in [-0.4, -0.2) is 23.9 Å². The molecule has 3 saturated carbocycles. The highest BCUT2D eigenvalue weighted by atomic mass is 16.6. The first-order chi connectivity index (χ1) is 10.5. The summed E-state index contributed by atoms with van der Waals surface area (Å²) < 4.78 is 9.68. The summed E-state index contributed by atoms with van der Waals surface area (Å²) in [7, 11) is 0. The Hall–Kier alpha value is -1.72. The van der Waals surface area contributed by atoms with E-state index in [2.05, 4.69) is 0 Å². The van der Waals surface area contributed by atoms with E-state index in [0.29, 0.717) is 12.3 Å². The van der Waals surface area contributed by atoms with E-state index in [1.165, 1.54) is 0 Å². The predicted octanol–water partition coefficient (Wildman–Crippen LogP) is 0.684. The summed E-state index contributed by atoms with van der Waals surface area (Å²) in [4.78, 5) is 47.6. The van der Waals surface area contributed by atoms with E-state index < -0.39 is 17.9 Å². The third-order valence-electron chi connectivity index (χ3n) is 6.84. The summed E-state index contributed by atoms with van der Waals surface area (Å²) in [6.07, 6.45) is 2.46. The minimum Gasteiger partial charge on any atom is -0.393 e. The first-order valence-electron chi connectivity index (χ1n) is 8.04. The monoisotopic (exact) mass is 304 g/mol. The van der Waals surface area contributed by atoms with Gasteiger partial charge < -0.3 is 9.47 Å². The molecule has 8 unspecified atom stereocenters. The van der Waals surface area contributed by atoms with Gasteiger partial charge in [0.25, 0.3) is 0 Å². The Kier molecular flexibility index (Phi) is 2.31. The number of carbonyl (C=O) groups is 4. The summed E-state index contributed by atoms with van der Waals surface area (Å²) in [5, 5.41) is 0. The van der Waals surface area contributed by atoms with Crippen molar-refractivity contribution in [2.24, 2.45) is 47.3 Å². The van der Waals surface area contributed by atoms with E-state index in [-0.39, 0.29) is 53.8 Å². The lowest BCUT2D eigenvalue weighted by atomic mass is 9.74. The van der Waals surface area contributed by atoms with Crippen molar-refractivity contribution in [1.82, 2.24) is 0 Å². The highest BCUT2D eigenvalue weighted by Gasteiger charge is 2.66. The normalized spacial score (nSPS) is 52.0. The maximum atomic E-state index is 12.1. The van der Waals surface area contributed by atoms with Crippen LogP contribution in [0, 0.1) is 47.3 Å². The summed E-state index contributed by atoms with van der Waals surface area (Å²) in [6.45, 7) is 0. The van der Waals surface area contributed by atoms with Gasteiger partial charge in [0.1, 0.15) is 0 Å². The molecule has 3 aliphatic carbocycles. The van der Waals surface area contributed by atoms with Gasteiger partial charge in [-0.2, -0.15) is 0 Å². The van der Waals surface area contributed by atoms with Crippen LogP contribution in [0.1, 0.15) is 25.7 Å². The third-order valence-corrected chi connectivity index (χ3v) is 6.84. The molecular weight excluding hydrogens is 288 g/mol. The van der Waals surface area contributed by atoms with Crippen molar-refractivity contribution in [3.8, 4) is 0 Å². The average Bonchev–Trinajstić information content (AvgIpc) is 3.04. The first-order valence-corrected chi connectivity index (χ1v) is 8.04. The van der Waals surface area contributed by atoms with Crippen molar-refractivity contribution in [3.05, 3.63) is 0 Å². The van der Waals surface area contributed by atoms with Crippen molar-refractivity contribution in [1.29, 1.82) is 0 Å². The van der Waals surface area contributed by atoms with Gasteiger partial charge in [0.15, 0.2) is 0 Å². The standard InChI is InChI=1S/C16H16O6/c17-11-4-7-8(14(18)21-11)2-5-1-6-9-3-10(13(6)12(5)7)16(20)22-15(9)19/h5-10,12-13H,1-4H2. The number of ether oxygens (including phenoxy) is 2. The van der Waals surface area contributed by atoms with Crippen LogP contribution in [0.2, 0.25) is 0 Å². The van der Waals surface area contributed by atoms with Crippen LogP contribution >= 0.6 is 0 Å². The highest BCUT2D eigenvalue weighted by Crippen LogP contribution is 2.65. The molecular formula is C16H16O6. The Morgan fingerprint density at radius 3 is 2.18 bits per heavy atom. The molecule has 5 fully saturated rings. The summed E-state index contributed by atoms with van der Waals surface area (Å²) in [5.74, 6) is -1.44. The van der Waals surface area contributed by atoms with Gasteiger partial charge in [0, 0.05) is 6.42 Å². The number of cyclic esters (lactones) is 4. The van der Waals surface area contributed by atoms with Crippen LogP contribution < -0.4 is 0 Å². The van der Waals surface area contributed by atoms with E-state index in [9.17, 15) is 19.2 Å². The van der Waals surface area contributed by atoms with Crippen molar-refractivity contribution in [3.63, 3.8) is 0 Å². The fraction of sp³-hybridized carbons (Fsp3) is 0.750. The Balaban J connectivity index is 1.53. The molecule has 0 aromatic rings. The SMILES string of the molecule is O=C1CC2C(CC3CC4C5CC(C(=O)OC5=O)C4C32)C(=O)O1. The van der Waals surface area contributed by atoms with Crippen molar-refractivity contribution < 1.29 is 28.7 Å². The van der Waals surface area contributed by atoms with Crippen LogP contribution in [0.3, 0.4) is 0 Å². The van der Waals surface area contributed by atoms with Crippen molar-refractivity contribution >= 4 is 23.9 Å². The smallest absolute Gasteiger partial charge is 0.316 e. The fourth-order valence-electron chi connectivity index (χ4n) is 6.27. The molecule has 22 heavy (non-hydrogen) atoms. The Labute approximate surface area is 126 Å². The van der Waals surface area contributed by atoms with Gasteiger partial charge in [-0.15, -0.1) is 0 Å². The maximum absolute atomic E-state index is 12.1. The Bertz CT molecular complexity index is 624. The van der Waals surface area contributed by atoms with Gasteiger partial charge in [-0.1, -0.05) is 0 Å². The zero-order chi connectivity index (χ0) is 15.2. The van der Waals surface area contributed by atoms with Gasteiger partial charge in [-0.3, -0.25) is 19.2 Å².